The van der Waals surface area contributed by atoms with E-state index in [-0.39, 0.29) is 6.42 Å². The summed E-state index contributed by atoms with van der Waals surface area (Å²) < 4.78 is 10.4. The standard InChI is InChI=1S/C14H24N2O5/c1-13(2,3)20-11(18)9-7-8(15)10(17)16(9)12(19)21-14(4,5)6/h8-9H,7,15H2,1-6H3/t8?,9-/m0/s1. The van der Waals surface area contributed by atoms with Gasteiger partial charge in [-0.15, -0.1) is 0 Å². The number of carbonyl (C=O) groups is 3. The zero-order chi connectivity index (χ0) is 16.6. The molecule has 1 rings (SSSR count). The largest absolute Gasteiger partial charge is 0.458 e. The number of nitrogens with zero attached hydrogens (tertiary/aromatic N) is 1. The molecule has 120 valence electrons. The number of hydrogen-bond donors (Lipinski definition) is 1. The molecule has 0 aliphatic carbocycles. The minimum atomic E-state index is -1.04. The van der Waals surface area contributed by atoms with E-state index in [1.165, 1.54) is 0 Å². The average Bonchev–Trinajstić information content (AvgIpc) is 2.50. The lowest BCUT2D eigenvalue weighted by atomic mass is 10.1. The molecule has 0 aromatic heterocycles. The molecule has 0 aromatic carbocycles. The summed E-state index contributed by atoms with van der Waals surface area (Å²) in [6.07, 6.45) is -0.844. The maximum atomic E-state index is 12.2. The van der Waals surface area contributed by atoms with Crippen LogP contribution in [0.5, 0.6) is 0 Å². The second-order valence-corrected chi connectivity index (χ2v) is 7.08. The fraction of sp³-hybridized carbons (Fsp3) is 0.786. The molecule has 2 atom stereocenters. The van der Waals surface area contributed by atoms with E-state index in [1.54, 1.807) is 41.5 Å². The van der Waals surface area contributed by atoms with Crippen molar-refractivity contribution in [2.45, 2.75) is 71.2 Å². The first-order chi connectivity index (χ1) is 9.32. The average molecular weight is 300 g/mol. The third-order valence-corrected chi connectivity index (χ3v) is 2.61. The normalized spacial score (nSPS) is 23.2. The smallest absolute Gasteiger partial charge is 0.417 e. The lowest BCUT2D eigenvalue weighted by molar-refractivity contribution is -0.161. The quantitative estimate of drug-likeness (QED) is 0.730. The van der Waals surface area contributed by atoms with Gasteiger partial charge in [-0.3, -0.25) is 4.79 Å². The van der Waals surface area contributed by atoms with Crippen molar-refractivity contribution in [2.24, 2.45) is 5.73 Å². The van der Waals surface area contributed by atoms with Crippen molar-refractivity contribution < 1.29 is 23.9 Å². The summed E-state index contributed by atoms with van der Waals surface area (Å²) >= 11 is 0. The van der Waals surface area contributed by atoms with E-state index in [9.17, 15) is 14.4 Å². The zero-order valence-electron chi connectivity index (χ0n) is 13.4. The van der Waals surface area contributed by atoms with Gasteiger partial charge in [0.2, 0.25) is 5.91 Å². The summed E-state index contributed by atoms with van der Waals surface area (Å²) in [6.45, 7) is 10.1. The Hall–Kier alpha value is -1.63. The summed E-state index contributed by atoms with van der Waals surface area (Å²) in [5.41, 5.74) is 4.16. The molecule has 1 unspecified atom stereocenters. The highest BCUT2D eigenvalue weighted by Crippen LogP contribution is 2.24. The molecule has 0 aromatic rings. The van der Waals surface area contributed by atoms with Crippen molar-refractivity contribution in [3.8, 4) is 0 Å². The molecule has 7 nitrogen and oxygen atoms in total. The first-order valence-electron chi connectivity index (χ1n) is 6.86. The minimum absolute atomic E-state index is 0.0347. The SMILES string of the molecule is CC(C)(C)OC(=O)[C@@H]1CC(N)C(=O)N1C(=O)OC(C)(C)C. The molecule has 2 N–H and O–H groups in total. The Labute approximate surface area is 124 Å². The summed E-state index contributed by atoms with van der Waals surface area (Å²) in [5, 5.41) is 0. The predicted molar refractivity (Wildman–Crippen MR) is 75.3 cm³/mol. The number of carbonyl (C=O) groups excluding carboxylic acids is 3. The van der Waals surface area contributed by atoms with Crippen LogP contribution >= 0.6 is 0 Å². The molecule has 7 heteroatoms. The minimum Gasteiger partial charge on any atom is -0.458 e. The van der Waals surface area contributed by atoms with Gasteiger partial charge in [0.15, 0.2) is 0 Å². The van der Waals surface area contributed by atoms with Gasteiger partial charge in [-0.05, 0) is 41.5 Å². The Balaban J connectivity index is 2.94. The van der Waals surface area contributed by atoms with Gasteiger partial charge in [-0.25, -0.2) is 14.5 Å². The highest BCUT2D eigenvalue weighted by atomic mass is 16.6. The Bertz CT molecular complexity index is 447. The highest BCUT2D eigenvalue weighted by Gasteiger charge is 2.48. The molecular formula is C14H24N2O5. The van der Waals surface area contributed by atoms with Crippen molar-refractivity contribution in [2.75, 3.05) is 0 Å². The molecule has 1 aliphatic heterocycles. The van der Waals surface area contributed by atoms with Crippen LogP contribution in [-0.2, 0) is 19.1 Å². The van der Waals surface area contributed by atoms with E-state index in [0.29, 0.717) is 0 Å². The highest BCUT2D eigenvalue weighted by molar-refractivity contribution is 6.02. The third kappa shape index (κ3) is 4.70. The number of nitrogens with two attached hydrogens (primary N) is 1. The van der Waals surface area contributed by atoms with Gasteiger partial charge in [-0.2, -0.15) is 0 Å². The van der Waals surface area contributed by atoms with E-state index in [1.807, 2.05) is 0 Å². The van der Waals surface area contributed by atoms with Gasteiger partial charge >= 0.3 is 12.1 Å². The molecule has 2 amide bonds. The van der Waals surface area contributed by atoms with Gasteiger partial charge in [0.25, 0.3) is 0 Å². The Kier molecular flexibility index (Phi) is 4.67. The van der Waals surface area contributed by atoms with Crippen LogP contribution in [0.1, 0.15) is 48.0 Å². The number of imide groups is 1. The van der Waals surface area contributed by atoms with Gasteiger partial charge < -0.3 is 15.2 Å². The van der Waals surface area contributed by atoms with Crippen LogP contribution in [-0.4, -0.2) is 46.2 Å². The van der Waals surface area contributed by atoms with Crippen LogP contribution in [0.15, 0.2) is 0 Å². The van der Waals surface area contributed by atoms with E-state index >= 15 is 0 Å². The van der Waals surface area contributed by atoms with Crippen LogP contribution < -0.4 is 5.73 Å². The fourth-order valence-electron chi connectivity index (χ4n) is 1.88. The van der Waals surface area contributed by atoms with Crippen LogP contribution in [0, 0.1) is 0 Å². The number of rotatable bonds is 1. The Morgan fingerprint density at radius 2 is 1.57 bits per heavy atom. The molecule has 1 aliphatic rings. The Morgan fingerprint density at radius 3 is 2.00 bits per heavy atom. The van der Waals surface area contributed by atoms with E-state index in [4.69, 9.17) is 15.2 Å². The van der Waals surface area contributed by atoms with Crippen molar-refractivity contribution in [1.29, 1.82) is 0 Å². The zero-order valence-corrected chi connectivity index (χ0v) is 13.4. The van der Waals surface area contributed by atoms with Gasteiger partial charge in [0.05, 0.1) is 6.04 Å². The van der Waals surface area contributed by atoms with Gasteiger partial charge in [0.1, 0.15) is 17.2 Å². The fourth-order valence-corrected chi connectivity index (χ4v) is 1.88. The van der Waals surface area contributed by atoms with Crippen molar-refractivity contribution >= 4 is 18.0 Å². The molecule has 1 fully saturated rings. The van der Waals surface area contributed by atoms with Crippen molar-refractivity contribution in [3.63, 3.8) is 0 Å². The topological polar surface area (TPSA) is 98.9 Å². The molecule has 1 heterocycles. The molecule has 0 saturated carbocycles. The maximum absolute atomic E-state index is 12.2. The van der Waals surface area contributed by atoms with Crippen LogP contribution in [0.2, 0.25) is 0 Å². The molecular weight excluding hydrogens is 276 g/mol. The number of ether oxygens (including phenoxy) is 2. The lowest BCUT2D eigenvalue weighted by Crippen LogP contribution is -2.48. The summed E-state index contributed by atoms with van der Waals surface area (Å²) in [7, 11) is 0. The summed E-state index contributed by atoms with van der Waals surface area (Å²) in [6, 6.07) is -1.95. The van der Waals surface area contributed by atoms with Crippen LogP contribution in [0.3, 0.4) is 0 Å². The van der Waals surface area contributed by atoms with Crippen molar-refractivity contribution in [3.05, 3.63) is 0 Å². The first-order valence-corrected chi connectivity index (χ1v) is 6.86. The monoisotopic (exact) mass is 300 g/mol. The number of hydrogen-bond acceptors (Lipinski definition) is 6. The maximum Gasteiger partial charge on any atom is 0.417 e. The lowest BCUT2D eigenvalue weighted by Gasteiger charge is -2.28. The molecule has 1 saturated heterocycles. The number of esters is 1. The van der Waals surface area contributed by atoms with Crippen LogP contribution in [0.4, 0.5) is 4.79 Å². The Morgan fingerprint density at radius 1 is 1.10 bits per heavy atom. The first kappa shape index (κ1) is 17.4. The predicted octanol–water partition coefficient (Wildman–Crippen LogP) is 1.19. The number of likely N-dealkylation sites (tertiary alicyclic amines) is 1. The van der Waals surface area contributed by atoms with Gasteiger partial charge in [0, 0.05) is 6.42 Å². The van der Waals surface area contributed by atoms with E-state index in [2.05, 4.69) is 0 Å². The molecule has 0 spiro atoms. The second kappa shape index (κ2) is 5.63. The summed E-state index contributed by atoms with van der Waals surface area (Å²) in [4.78, 5) is 37.0. The van der Waals surface area contributed by atoms with Crippen LogP contribution in [0.25, 0.3) is 0 Å². The molecule has 0 bridgehead atoms. The summed E-state index contributed by atoms with van der Waals surface area (Å²) in [5.74, 6) is -1.28. The molecule has 0 radical (unpaired) electrons. The van der Waals surface area contributed by atoms with E-state index < -0.39 is 41.3 Å². The third-order valence-electron chi connectivity index (χ3n) is 2.61. The van der Waals surface area contributed by atoms with Gasteiger partial charge in [-0.1, -0.05) is 0 Å². The number of amides is 2. The molecule has 21 heavy (non-hydrogen) atoms. The van der Waals surface area contributed by atoms with E-state index in [0.717, 1.165) is 4.90 Å². The second-order valence-electron chi connectivity index (χ2n) is 7.08. The van der Waals surface area contributed by atoms with Crippen molar-refractivity contribution in [1.82, 2.24) is 4.90 Å².